The highest BCUT2D eigenvalue weighted by Crippen LogP contribution is 2.15. The summed E-state index contributed by atoms with van der Waals surface area (Å²) in [5, 5.41) is -0.787. The van der Waals surface area contributed by atoms with Crippen LogP contribution in [-0.2, 0) is 10.1 Å². The summed E-state index contributed by atoms with van der Waals surface area (Å²) in [6.07, 6.45) is 25.6. The number of hydrogen-bond acceptors (Lipinski definition) is 3. The molecule has 0 aromatic carbocycles. The molecule has 1 atom stereocenters. The zero-order chi connectivity index (χ0) is 23.2. The molecule has 0 saturated heterocycles. The molecule has 0 radical (unpaired) electrons. The van der Waals surface area contributed by atoms with E-state index in [0.717, 1.165) is 38.8 Å². The van der Waals surface area contributed by atoms with Gasteiger partial charge in [0.2, 0.25) is 0 Å². The lowest BCUT2D eigenvalue weighted by atomic mass is 10.1. The van der Waals surface area contributed by atoms with E-state index >= 15 is 0 Å². The van der Waals surface area contributed by atoms with E-state index in [4.69, 9.17) is 0 Å². The minimum Gasteiger partial charge on any atom is -0.286 e. The molecule has 5 heteroatoms. The summed E-state index contributed by atoms with van der Waals surface area (Å²) in [7, 11) is -4.00. The summed E-state index contributed by atoms with van der Waals surface area (Å²) in [4.78, 5) is 1.98. The SMILES string of the molecule is CCCCCCCCCCCCN(CCCCCCCCCCCC)C(C)S(=O)(=O)O. The molecule has 4 nitrogen and oxygen atoms in total. The Labute approximate surface area is 195 Å². The highest BCUT2D eigenvalue weighted by molar-refractivity contribution is 7.86. The van der Waals surface area contributed by atoms with E-state index < -0.39 is 15.5 Å². The first-order valence-corrected chi connectivity index (χ1v) is 15.1. The molecule has 0 fully saturated rings. The molecule has 0 heterocycles. The molecule has 0 amide bonds. The van der Waals surface area contributed by atoms with E-state index in [-0.39, 0.29) is 0 Å². The van der Waals surface area contributed by atoms with Crippen LogP contribution in [0.5, 0.6) is 0 Å². The van der Waals surface area contributed by atoms with Crippen molar-refractivity contribution in [3.63, 3.8) is 0 Å². The second-order valence-electron chi connectivity index (χ2n) is 9.51. The lowest BCUT2D eigenvalue weighted by Gasteiger charge is -2.27. The average molecular weight is 462 g/mol. The molecule has 0 rings (SSSR count). The van der Waals surface area contributed by atoms with Crippen molar-refractivity contribution in [2.45, 2.75) is 155 Å². The molecule has 188 valence electrons. The predicted octanol–water partition coefficient (Wildman–Crippen LogP) is 8.36. The lowest BCUT2D eigenvalue weighted by Crippen LogP contribution is -2.40. The minimum absolute atomic E-state index is 0.773. The van der Waals surface area contributed by atoms with Gasteiger partial charge in [0, 0.05) is 0 Å². The Morgan fingerprint density at radius 2 is 0.806 bits per heavy atom. The van der Waals surface area contributed by atoms with Gasteiger partial charge >= 0.3 is 0 Å². The standard InChI is InChI=1S/C26H55NO3S/c1-4-6-8-10-12-14-16-18-20-22-24-27(26(3)31(28,29)30)25-23-21-19-17-15-13-11-9-7-5-2/h26H,4-25H2,1-3H3,(H,28,29,30). The first-order valence-electron chi connectivity index (χ1n) is 13.6. The van der Waals surface area contributed by atoms with E-state index in [1.54, 1.807) is 6.92 Å². The first-order chi connectivity index (χ1) is 14.9. The molecule has 0 bridgehead atoms. The summed E-state index contributed by atoms with van der Waals surface area (Å²) in [5.74, 6) is 0. The van der Waals surface area contributed by atoms with Gasteiger partial charge in [-0.2, -0.15) is 8.42 Å². The van der Waals surface area contributed by atoms with E-state index in [0.29, 0.717) is 0 Å². The molecule has 0 aliphatic carbocycles. The molecule has 0 aliphatic rings. The molecule has 0 aliphatic heterocycles. The summed E-state index contributed by atoms with van der Waals surface area (Å²) < 4.78 is 32.8. The quantitative estimate of drug-likeness (QED) is 0.116. The van der Waals surface area contributed by atoms with Gasteiger partial charge in [0.15, 0.2) is 0 Å². The fraction of sp³-hybridized carbons (Fsp3) is 1.00. The fourth-order valence-electron chi connectivity index (χ4n) is 4.27. The van der Waals surface area contributed by atoms with E-state index in [9.17, 15) is 13.0 Å². The van der Waals surface area contributed by atoms with Crippen LogP contribution < -0.4 is 0 Å². The second kappa shape index (κ2) is 21.7. The third-order valence-electron chi connectivity index (χ3n) is 6.54. The summed E-state index contributed by atoms with van der Waals surface area (Å²) >= 11 is 0. The van der Waals surface area contributed by atoms with Crippen molar-refractivity contribution in [1.29, 1.82) is 0 Å². The summed E-state index contributed by atoms with van der Waals surface area (Å²) in [6, 6.07) is 0. The van der Waals surface area contributed by atoms with Gasteiger partial charge in [-0.3, -0.25) is 9.45 Å². The minimum atomic E-state index is -4.00. The van der Waals surface area contributed by atoms with Crippen molar-refractivity contribution in [2.75, 3.05) is 13.1 Å². The average Bonchev–Trinajstić information content (AvgIpc) is 2.73. The van der Waals surface area contributed by atoms with Crippen LogP contribution in [0.3, 0.4) is 0 Å². The van der Waals surface area contributed by atoms with Crippen molar-refractivity contribution in [3.8, 4) is 0 Å². The molecule has 31 heavy (non-hydrogen) atoms. The number of nitrogens with zero attached hydrogens (tertiary/aromatic N) is 1. The largest absolute Gasteiger partial charge is 0.286 e. The Hall–Kier alpha value is -0.130. The van der Waals surface area contributed by atoms with Crippen LogP contribution >= 0.6 is 0 Å². The second-order valence-corrected chi connectivity index (χ2v) is 11.2. The van der Waals surface area contributed by atoms with Crippen LogP contribution in [0.1, 0.15) is 149 Å². The van der Waals surface area contributed by atoms with Crippen LogP contribution in [0.4, 0.5) is 0 Å². The number of hydrogen-bond donors (Lipinski definition) is 1. The lowest BCUT2D eigenvalue weighted by molar-refractivity contribution is 0.236. The molecular formula is C26H55NO3S. The highest BCUT2D eigenvalue weighted by atomic mass is 32.2. The monoisotopic (exact) mass is 461 g/mol. The van der Waals surface area contributed by atoms with Gasteiger partial charge in [-0.1, -0.05) is 129 Å². The van der Waals surface area contributed by atoms with Crippen LogP contribution in [-0.4, -0.2) is 36.3 Å². The summed E-state index contributed by atoms with van der Waals surface area (Å²) in [5.41, 5.74) is 0. The third kappa shape index (κ3) is 20.2. The van der Waals surface area contributed by atoms with Gasteiger partial charge in [0.25, 0.3) is 10.1 Å². The maximum atomic E-state index is 11.7. The maximum Gasteiger partial charge on any atom is 0.280 e. The highest BCUT2D eigenvalue weighted by Gasteiger charge is 2.24. The van der Waals surface area contributed by atoms with Crippen LogP contribution in [0.15, 0.2) is 0 Å². The normalized spacial score (nSPS) is 13.2. The molecule has 0 spiro atoms. The van der Waals surface area contributed by atoms with Crippen LogP contribution in [0.2, 0.25) is 0 Å². The first kappa shape index (κ1) is 30.9. The number of unbranched alkanes of at least 4 members (excludes halogenated alkanes) is 18. The van der Waals surface area contributed by atoms with E-state index in [1.165, 1.54) is 103 Å². The van der Waals surface area contributed by atoms with Crippen molar-refractivity contribution < 1.29 is 13.0 Å². The van der Waals surface area contributed by atoms with Gasteiger partial charge in [-0.25, -0.2) is 0 Å². The number of rotatable bonds is 24. The molecule has 0 saturated carbocycles. The Morgan fingerprint density at radius 1 is 0.548 bits per heavy atom. The van der Waals surface area contributed by atoms with Crippen LogP contribution in [0, 0.1) is 0 Å². The zero-order valence-corrected chi connectivity index (χ0v) is 22.1. The smallest absolute Gasteiger partial charge is 0.280 e. The Bertz CT molecular complexity index is 443. The predicted molar refractivity (Wildman–Crippen MR) is 136 cm³/mol. The van der Waals surface area contributed by atoms with Gasteiger partial charge < -0.3 is 0 Å². The van der Waals surface area contributed by atoms with Gasteiger partial charge in [0.1, 0.15) is 5.37 Å². The molecule has 1 N–H and O–H groups in total. The van der Waals surface area contributed by atoms with Gasteiger partial charge in [-0.05, 0) is 32.9 Å². The Balaban J connectivity index is 3.90. The van der Waals surface area contributed by atoms with Gasteiger partial charge in [0.05, 0.1) is 0 Å². The molecular weight excluding hydrogens is 406 g/mol. The van der Waals surface area contributed by atoms with Crippen LogP contribution in [0.25, 0.3) is 0 Å². The summed E-state index contributed by atoms with van der Waals surface area (Å²) in [6.45, 7) is 7.68. The Morgan fingerprint density at radius 3 is 1.06 bits per heavy atom. The van der Waals surface area contributed by atoms with Crippen molar-refractivity contribution in [1.82, 2.24) is 4.90 Å². The van der Waals surface area contributed by atoms with Crippen molar-refractivity contribution in [2.24, 2.45) is 0 Å². The topological polar surface area (TPSA) is 57.6 Å². The molecule has 1 unspecified atom stereocenters. The molecule has 0 aromatic heterocycles. The van der Waals surface area contributed by atoms with Crippen molar-refractivity contribution in [3.05, 3.63) is 0 Å². The Kier molecular flexibility index (Phi) is 21.6. The van der Waals surface area contributed by atoms with Crippen molar-refractivity contribution >= 4 is 10.1 Å². The molecule has 0 aromatic rings. The van der Waals surface area contributed by atoms with E-state index in [1.807, 2.05) is 4.90 Å². The zero-order valence-electron chi connectivity index (χ0n) is 21.3. The maximum absolute atomic E-state index is 11.7. The third-order valence-corrected chi connectivity index (χ3v) is 7.70. The van der Waals surface area contributed by atoms with E-state index in [2.05, 4.69) is 13.8 Å². The fourth-order valence-corrected chi connectivity index (χ4v) is 4.86. The van der Waals surface area contributed by atoms with Gasteiger partial charge in [-0.15, -0.1) is 0 Å².